The maximum atomic E-state index is 12.1. The van der Waals surface area contributed by atoms with E-state index in [2.05, 4.69) is 19.2 Å². The first kappa shape index (κ1) is 15.3. The highest BCUT2D eigenvalue weighted by Gasteiger charge is 2.45. The minimum atomic E-state index is -3.83. The summed E-state index contributed by atoms with van der Waals surface area (Å²) in [7, 11) is 1.50. The molecule has 0 radical (unpaired) electrons. The molecule has 4 nitrogen and oxygen atoms in total. The fourth-order valence-electron chi connectivity index (χ4n) is 2.26. The number of benzene rings is 1. The van der Waals surface area contributed by atoms with E-state index in [0.29, 0.717) is 29.0 Å². The van der Waals surface area contributed by atoms with Gasteiger partial charge in [0.25, 0.3) is 15.0 Å². The van der Waals surface area contributed by atoms with Gasteiger partial charge in [0.15, 0.2) is 0 Å². The number of hydrogen-bond donors (Lipinski definition) is 1. The zero-order chi connectivity index (χ0) is 15.1. The maximum Gasteiger partial charge on any atom is 0.261 e. The van der Waals surface area contributed by atoms with Crippen LogP contribution >= 0.6 is 10.7 Å². The number of amides is 1. The number of carbonyl (C=O) groups excluding carboxylic acids is 1. The zero-order valence-corrected chi connectivity index (χ0v) is 13.3. The van der Waals surface area contributed by atoms with Crippen molar-refractivity contribution in [1.29, 1.82) is 0 Å². The van der Waals surface area contributed by atoms with E-state index in [9.17, 15) is 13.2 Å². The summed E-state index contributed by atoms with van der Waals surface area (Å²) in [6.07, 6.45) is 1.10. The number of hydrogen-bond acceptors (Lipinski definition) is 3. The molecule has 1 fully saturated rings. The number of halogens is 1. The Labute approximate surface area is 123 Å². The zero-order valence-electron chi connectivity index (χ0n) is 11.7. The summed E-state index contributed by atoms with van der Waals surface area (Å²) in [5.41, 5.74) is 1.30. The van der Waals surface area contributed by atoms with E-state index in [1.807, 2.05) is 0 Å². The molecule has 0 bridgehead atoms. The first-order valence-electron chi connectivity index (χ1n) is 6.44. The van der Waals surface area contributed by atoms with Crippen LogP contribution in [0, 0.1) is 18.3 Å². The van der Waals surface area contributed by atoms with Gasteiger partial charge >= 0.3 is 0 Å². The number of rotatable bonds is 4. The molecular weight excluding hydrogens is 298 g/mol. The molecule has 0 saturated heterocycles. The van der Waals surface area contributed by atoms with Crippen molar-refractivity contribution in [3.63, 3.8) is 0 Å². The van der Waals surface area contributed by atoms with Crippen LogP contribution in [0.15, 0.2) is 23.1 Å². The number of nitrogens with one attached hydrogen (secondary N) is 1. The summed E-state index contributed by atoms with van der Waals surface area (Å²) < 4.78 is 22.7. The smallest absolute Gasteiger partial charge is 0.261 e. The van der Waals surface area contributed by atoms with Crippen LogP contribution in [0.3, 0.4) is 0 Å². The van der Waals surface area contributed by atoms with E-state index >= 15 is 0 Å². The fourth-order valence-corrected chi connectivity index (χ4v) is 3.12. The summed E-state index contributed by atoms with van der Waals surface area (Å²) in [4.78, 5) is 12.0. The van der Waals surface area contributed by atoms with E-state index in [1.165, 1.54) is 12.1 Å². The Morgan fingerprint density at radius 3 is 2.50 bits per heavy atom. The molecule has 1 N–H and O–H groups in total. The van der Waals surface area contributed by atoms with Crippen molar-refractivity contribution < 1.29 is 13.2 Å². The summed E-state index contributed by atoms with van der Waals surface area (Å²) in [6, 6.07) is 4.41. The maximum absolute atomic E-state index is 12.1. The minimum Gasteiger partial charge on any atom is -0.352 e. The monoisotopic (exact) mass is 315 g/mol. The van der Waals surface area contributed by atoms with Gasteiger partial charge in [-0.15, -0.1) is 0 Å². The lowest BCUT2D eigenvalue weighted by Crippen LogP contribution is -2.26. The van der Waals surface area contributed by atoms with Crippen LogP contribution in [0.4, 0.5) is 0 Å². The molecular formula is C14H18ClNO3S. The first-order chi connectivity index (χ1) is 9.09. The van der Waals surface area contributed by atoms with Crippen LogP contribution in [0.2, 0.25) is 0 Å². The fraction of sp³-hybridized carbons (Fsp3) is 0.500. The van der Waals surface area contributed by atoms with Gasteiger partial charge in [-0.25, -0.2) is 8.42 Å². The molecule has 2 rings (SSSR count). The van der Waals surface area contributed by atoms with Crippen LogP contribution in [-0.4, -0.2) is 20.9 Å². The molecule has 1 amide bonds. The Morgan fingerprint density at radius 1 is 1.40 bits per heavy atom. The van der Waals surface area contributed by atoms with Crippen molar-refractivity contribution in [2.24, 2.45) is 11.3 Å². The van der Waals surface area contributed by atoms with Gasteiger partial charge in [-0.3, -0.25) is 4.79 Å². The molecule has 1 aliphatic rings. The second kappa shape index (κ2) is 5.04. The molecule has 1 saturated carbocycles. The van der Waals surface area contributed by atoms with E-state index in [4.69, 9.17) is 10.7 Å². The van der Waals surface area contributed by atoms with Crippen molar-refractivity contribution in [3.8, 4) is 0 Å². The lowest BCUT2D eigenvalue weighted by molar-refractivity contribution is 0.0950. The predicted molar refractivity (Wildman–Crippen MR) is 78.4 cm³/mol. The summed E-state index contributed by atoms with van der Waals surface area (Å²) in [5, 5.41) is 2.85. The van der Waals surface area contributed by atoms with E-state index in [0.717, 1.165) is 6.42 Å². The third-order valence-corrected chi connectivity index (χ3v) is 5.15. The lowest BCUT2D eigenvalue weighted by atomic mass is 10.1. The number of aryl methyl sites for hydroxylation is 1. The van der Waals surface area contributed by atoms with Crippen LogP contribution in [0.5, 0.6) is 0 Å². The molecule has 20 heavy (non-hydrogen) atoms. The molecule has 0 heterocycles. The SMILES string of the molecule is Cc1cc(C(=O)NCC2CC2(C)C)cc(S(=O)(=O)Cl)c1. The molecule has 1 unspecified atom stereocenters. The lowest BCUT2D eigenvalue weighted by Gasteiger charge is -2.08. The summed E-state index contributed by atoms with van der Waals surface area (Å²) in [6.45, 7) is 6.67. The summed E-state index contributed by atoms with van der Waals surface area (Å²) in [5.74, 6) is 0.227. The molecule has 0 spiro atoms. The normalized spacial score (nSPS) is 20.5. The average molecular weight is 316 g/mol. The minimum absolute atomic E-state index is 0.0453. The van der Waals surface area contributed by atoms with Crippen molar-refractivity contribution in [3.05, 3.63) is 29.3 Å². The molecule has 1 atom stereocenters. The predicted octanol–water partition coefficient (Wildman–Crippen LogP) is 2.70. The van der Waals surface area contributed by atoms with Crippen molar-refractivity contribution in [2.45, 2.75) is 32.1 Å². The van der Waals surface area contributed by atoms with Gasteiger partial charge in [0.05, 0.1) is 4.90 Å². The van der Waals surface area contributed by atoms with Gasteiger partial charge in [0.1, 0.15) is 0 Å². The molecule has 1 aliphatic carbocycles. The third kappa shape index (κ3) is 3.52. The topological polar surface area (TPSA) is 63.2 Å². The Balaban J connectivity index is 2.12. The Hall–Kier alpha value is -1.07. The van der Waals surface area contributed by atoms with Crippen LogP contribution < -0.4 is 5.32 Å². The summed E-state index contributed by atoms with van der Waals surface area (Å²) >= 11 is 0. The molecule has 1 aromatic carbocycles. The standard InChI is InChI=1S/C14H18ClNO3S/c1-9-4-10(6-12(5-9)20(15,18)19)13(17)16-8-11-7-14(11,2)3/h4-6,11H,7-8H2,1-3H3,(H,16,17). The highest BCUT2D eigenvalue weighted by Crippen LogP contribution is 2.50. The molecule has 110 valence electrons. The Kier molecular flexibility index (Phi) is 3.86. The first-order valence-corrected chi connectivity index (χ1v) is 8.75. The quantitative estimate of drug-likeness (QED) is 0.869. The molecule has 1 aromatic rings. The van der Waals surface area contributed by atoms with Crippen LogP contribution in [0.1, 0.15) is 36.2 Å². The number of carbonyl (C=O) groups is 1. The van der Waals surface area contributed by atoms with Gasteiger partial charge in [0.2, 0.25) is 0 Å². The van der Waals surface area contributed by atoms with Crippen molar-refractivity contribution in [1.82, 2.24) is 5.32 Å². The van der Waals surface area contributed by atoms with Gasteiger partial charge in [0, 0.05) is 22.8 Å². The molecule has 0 aromatic heterocycles. The van der Waals surface area contributed by atoms with Crippen molar-refractivity contribution >= 4 is 25.6 Å². The van der Waals surface area contributed by atoms with Gasteiger partial charge in [-0.1, -0.05) is 13.8 Å². The Morgan fingerprint density at radius 2 is 2.00 bits per heavy atom. The van der Waals surface area contributed by atoms with E-state index in [-0.39, 0.29) is 10.8 Å². The van der Waals surface area contributed by atoms with Gasteiger partial charge < -0.3 is 5.32 Å². The van der Waals surface area contributed by atoms with E-state index < -0.39 is 9.05 Å². The molecule has 0 aliphatic heterocycles. The largest absolute Gasteiger partial charge is 0.352 e. The van der Waals surface area contributed by atoms with Crippen molar-refractivity contribution in [2.75, 3.05) is 6.54 Å². The van der Waals surface area contributed by atoms with Gasteiger partial charge in [-0.05, 0) is 48.4 Å². The second-order valence-electron chi connectivity index (χ2n) is 6.07. The average Bonchev–Trinajstić information content (AvgIpc) is 2.92. The van der Waals surface area contributed by atoms with Crippen LogP contribution in [0.25, 0.3) is 0 Å². The third-order valence-electron chi connectivity index (χ3n) is 3.82. The second-order valence-corrected chi connectivity index (χ2v) is 8.64. The van der Waals surface area contributed by atoms with Gasteiger partial charge in [-0.2, -0.15) is 0 Å². The molecule has 6 heteroatoms. The highest BCUT2D eigenvalue weighted by atomic mass is 35.7. The van der Waals surface area contributed by atoms with Crippen LogP contribution in [-0.2, 0) is 9.05 Å². The Bertz CT molecular complexity index is 652. The highest BCUT2D eigenvalue weighted by molar-refractivity contribution is 8.13. The van der Waals surface area contributed by atoms with E-state index in [1.54, 1.807) is 13.0 Å².